The second-order valence-electron chi connectivity index (χ2n) is 5.70. The average molecular weight is 297 g/mol. The normalized spacial score (nSPS) is 20.7. The molecule has 2 N–H and O–H groups in total. The van der Waals surface area contributed by atoms with Crippen molar-refractivity contribution in [3.8, 4) is 0 Å². The lowest BCUT2D eigenvalue weighted by Crippen LogP contribution is -2.41. The first-order valence-corrected chi connectivity index (χ1v) is 7.61. The standard InChI is InChI=1S/C16H21ClO3/c17-13-8-6-7-12(11-13)14(15(18)19)16(20)9-4-2-1-3-5-10-16/h6-8,11,14,20H,1-5,9-10H2,(H,18,19). The molecule has 1 aromatic rings. The van der Waals surface area contributed by atoms with Gasteiger partial charge in [-0.2, -0.15) is 0 Å². The fourth-order valence-electron chi connectivity index (χ4n) is 3.18. The molecule has 1 fully saturated rings. The van der Waals surface area contributed by atoms with Crippen LogP contribution in [0.5, 0.6) is 0 Å². The van der Waals surface area contributed by atoms with E-state index in [-0.39, 0.29) is 0 Å². The van der Waals surface area contributed by atoms with Crippen molar-refractivity contribution in [3.05, 3.63) is 34.9 Å². The number of carbonyl (C=O) groups is 1. The van der Waals surface area contributed by atoms with Gasteiger partial charge in [-0.15, -0.1) is 0 Å². The predicted molar refractivity (Wildman–Crippen MR) is 79.1 cm³/mol. The number of aliphatic carboxylic acids is 1. The summed E-state index contributed by atoms with van der Waals surface area (Å²) in [6, 6.07) is 6.84. The number of aliphatic hydroxyl groups is 1. The summed E-state index contributed by atoms with van der Waals surface area (Å²) in [6.45, 7) is 0. The molecule has 1 atom stereocenters. The predicted octanol–water partition coefficient (Wildman–Crippen LogP) is 3.98. The molecular formula is C16H21ClO3. The first-order chi connectivity index (χ1) is 9.53. The lowest BCUT2D eigenvalue weighted by Gasteiger charge is -2.35. The Morgan fingerprint density at radius 2 is 1.75 bits per heavy atom. The summed E-state index contributed by atoms with van der Waals surface area (Å²) in [5.41, 5.74) is -0.579. The van der Waals surface area contributed by atoms with Gasteiger partial charge in [0.25, 0.3) is 0 Å². The van der Waals surface area contributed by atoms with Gasteiger partial charge in [-0.05, 0) is 30.5 Å². The van der Waals surface area contributed by atoms with Crippen LogP contribution in [0.25, 0.3) is 0 Å². The number of hydrogen-bond donors (Lipinski definition) is 2. The highest BCUT2D eigenvalue weighted by Gasteiger charge is 2.42. The Morgan fingerprint density at radius 1 is 1.15 bits per heavy atom. The minimum Gasteiger partial charge on any atom is -0.481 e. The summed E-state index contributed by atoms with van der Waals surface area (Å²) >= 11 is 5.96. The lowest BCUT2D eigenvalue weighted by atomic mass is 9.74. The number of halogens is 1. The van der Waals surface area contributed by atoms with Crippen LogP contribution in [0, 0.1) is 0 Å². The Morgan fingerprint density at radius 3 is 2.30 bits per heavy atom. The summed E-state index contributed by atoms with van der Waals surface area (Å²) in [4.78, 5) is 11.7. The van der Waals surface area contributed by atoms with E-state index in [1.165, 1.54) is 6.42 Å². The molecule has 1 aromatic carbocycles. The maximum absolute atomic E-state index is 11.7. The van der Waals surface area contributed by atoms with Crippen LogP contribution in [0.1, 0.15) is 56.4 Å². The molecule has 4 heteroatoms. The summed E-state index contributed by atoms with van der Waals surface area (Å²) < 4.78 is 0. The summed E-state index contributed by atoms with van der Waals surface area (Å²) in [5, 5.41) is 21.0. The number of hydrogen-bond acceptors (Lipinski definition) is 2. The van der Waals surface area contributed by atoms with Crippen molar-refractivity contribution in [2.45, 2.75) is 56.5 Å². The zero-order chi connectivity index (χ0) is 14.6. The van der Waals surface area contributed by atoms with E-state index in [4.69, 9.17) is 11.6 Å². The zero-order valence-corrected chi connectivity index (χ0v) is 12.3. The average Bonchev–Trinajstić information content (AvgIpc) is 2.34. The van der Waals surface area contributed by atoms with E-state index in [9.17, 15) is 15.0 Å². The highest BCUT2D eigenvalue weighted by atomic mass is 35.5. The molecule has 110 valence electrons. The quantitative estimate of drug-likeness (QED) is 0.887. The van der Waals surface area contributed by atoms with Gasteiger partial charge in [0.2, 0.25) is 0 Å². The minimum atomic E-state index is -1.17. The fraction of sp³-hybridized carbons (Fsp3) is 0.562. The molecule has 0 amide bonds. The van der Waals surface area contributed by atoms with Crippen molar-refractivity contribution in [2.75, 3.05) is 0 Å². The topological polar surface area (TPSA) is 57.5 Å². The van der Waals surface area contributed by atoms with Crippen molar-refractivity contribution < 1.29 is 15.0 Å². The molecule has 0 radical (unpaired) electrons. The molecule has 1 aliphatic carbocycles. The van der Waals surface area contributed by atoms with Crippen LogP contribution in [-0.4, -0.2) is 21.8 Å². The van der Waals surface area contributed by atoms with E-state index in [1.54, 1.807) is 24.3 Å². The number of benzene rings is 1. The van der Waals surface area contributed by atoms with Crippen LogP contribution < -0.4 is 0 Å². The van der Waals surface area contributed by atoms with Gasteiger partial charge in [-0.25, -0.2) is 0 Å². The van der Waals surface area contributed by atoms with Gasteiger partial charge in [0.05, 0.1) is 5.60 Å². The third-order valence-corrected chi connectivity index (χ3v) is 4.42. The molecule has 0 bridgehead atoms. The lowest BCUT2D eigenvalue weighted by molar-refractivity contribution is -0.147. The van der Waals surface area contributed by atoms with Gasteiger partial charge in [0.15, 0.2) is 0 Å². The van der Waals surface area contributed by atoms with Crippen LogP contribution in [0.3, 0.4) is 0 Å². The Kier molecular flexibility index (Phi) is 5.06. The molecule has 3 nitrogen and oxygen atoms in total. The molecule has 0 spiro atoms. The molecule has 0 aromatic heterocycles. The van der Waals surface area contributed by atoms with Crippen molar-refractivity contribution in [3.63, 3.8) is 0 Å². The van der Waals surface area contributed by atoms with Gasteiger partial charge < -0.3 is 10.2 Å². The van der Waals surface area contributed by atoms with E-state index in [2.05, 4.69) is 0 Å². The second kappa shape index (κ2) is 6.59. The second-order valence-corrected chi connectivity index (χ2v) is 6.13. The molecule has 1 aliphatic rings. The zero-order valence-electron chi connectivity index (χ0n) is 11.5. The Hall–Kier alpha value is -1.06. The molecule has 0 saturated heterocycles. The molecule has 20 heavy (non-hydrogen) atoms. The van der Waals surface area contributed by atoms with Crippen molar-refractivity contribution in [1.29, 1.82) is 0 Å². The van der Waals surface area contributed by atoms with Crippen LogP contribution in [-0.2, 0) is 4.79 Å². The highest BCUT2D eigenvalue weighted by Crippen LogP contribution is 2.39. The smallest absolute Gasteiger partial charge is 0.313 e. The Bertz CT molecular complexity index is 465. The SMILES string of the molecule is O=C(O)C(c1cccc(Cl)c1)C1(O)CCCCCCC1. The van der Waals surface area contributed by atoms with E-state index in [1.807, 2.05) is 0 Å². The molecule has 1 unspecified atom stereocenters. The molecule has 0 heterocycles. The number of rotatable bonds is 3. The number of carboxylic acids is 1. The van der Waals surface area contributed by atoms with Gasteiger partial charge in [-0.3, -0.25) is 4.79 Å². The monoisotopic (exact) mass is 296 g/mol. The van der Waals surface area contributed by atoms with Crippen LogP contribution in [0.2, 0.25) is 5.02 Å². The first kappa shape index (κ1) is 15.3. The van der Waals surface area contributed by atoms with Crippen LogP contribution in [0.4, 0.5) is 0 Å². The molecular weight excluding hydrogens is 276 g/mol. The van der Waals surface area contributed by atoms with Crippen molar-refractivity contribution >= 4 is 17.6 Å². The van der Waals surface area contributed by atoms with Gasteiger partial charge in [-0.1, -0.05) is 55.8 Å². The van der Waals surface area contributed by atoms with Gasteiger partial charge >= 0.3 is 5.97 Å². The van der Waals surface area contributed by atoms with Crippen LogP contribution >= 0.6 is 11.6 Å². The third-order valence-electron chi connectivity index (χ3n) is 4.19. The maximum atomic E-state index is 11.7. The van der Waals surface area contributed by atoms with E-state index >= 15 is 0 Å². The molecule has 2 rings (SSSR count). The fourth-order valence-corrected chi connectivity index (χ4v) is 3.37. The highest BCUT2D eigenvalue weighted by molar-refractivity contribution is 6.30. The van der Waals surface area contributed by atoms with Crippen LogP contribution in [0.15, 0.2) is 24.3 Å². The minimum absolute atomic E-state index is 0.503. The summed E-state index contributed by atoms with van der Waals surface area (Å²) in [5.74, 6) is -1.88. The number of carboxylic acid groups (broad SMARTS) is 1. The third kappa shape index (κ3) is 3.53. The van der Waals surface area contributed by atoms with Gasteiger partial charge in [0.1, 0.15) is 5.92 Å². The Balaban J connectivity index is 2.33. The van der Waals surface area contributed by atoms with Crippen molar-refractivity contribution in [1.82, 2.24) is 0 Å². The van der Waals surface area contributed by atoms with E-state index < -0.39 is 17.5 Å². The van der Waals surface area contributed by atoms with E-state index in [0.717, 1.165) is 25.7 Å². The van der Waals surface area contributed by atoms with E-state index in [0.29, 0.717) is 23.4 Å². The molecule has 0 aliphatic heterocycles. The largest absolute Gasteiger partial charge is 0.481 e. The Labute approximate surface area is 124 Å². The summed E-state index contributed by atoms with van der Waals surface area (Å²) in [7, 11) is 0. The maximum Gasteiger partial charge on any atom is 0.313 e. The first-order valence-electron chi connectivity index (χ1n) is 7.23. The van der Waals surface area contributed by atoms with Crippen molar-refractivity contribution in [2.24, 2.45) is 0 Å². The summed E-state index contributed by atoms with van der Waals surface area (Å²) in [6.07, 6.45) is 6.12. The molecule has 1 saturated carbocycles. The van der Waals surface area contributed by atoms with Gasteiger partial charge in [0, 0.05) is 5.02 Å².